The molecule has 2 aromatic carbocycles. The van der Waals surface area contributed by atoms with E-state index >= 15 is 0 Å². The highest BCUT2D eigenvalue weighted by atomic mass is 16.5. The molecular formula is C23H22N2O3. The fraction of sp³-hybridized carbons (Fsp3) is 0.261. The Bertz CT molecular complexity index is 1090. The average Bonchev–Trinajstić information content (AvgIpc) is 2.94. The molecule has 1 aromatic heterocycles. The van der Waals surface area contributed by atoms with Gasteiger partial charge in [-0.1, -0.05) is 36.8 Å². The Hall–Kier alpha value is -3.21. The van der Waals surface area contributed by atoms with Gasteiger partial charge in [0.05, 0.1) is 11.3 Å². The number of hydrogen-bond acceptors (Lipinski definition) is 4. The molecule has 5 heteroatoms. The first kappa shape index (κ1) is 18.2. The number of esters is 1. The number of aromatic nitrogens is 2. The van der Waals surface area contributed by atoms with Crippen LogP contribution in [-0.2, 0) is 13.0 Å². The van der Waals surface area contributed by atoms with E-state index in [1.54, 1.807) is 22.8 Å². The maximum Gasteiger partial charge on any atom is 0.343 e. The van der Waals surface area contributed by atoms with Crippen molar-refractivity contribution in [3.8, 4) is 17.0 Å². The molecule has 0 radical (unpaired) electrons. The second-order valence-electron chi connectivity index (χ2n) is 7.06. The van der Waals surface area contributed by atoms with Gasteiger partial charge < -0.3 is 4.74 Å². The summed E-state index contributed by atoms with van der Waals surface area (Å²) >= 11 is 0. The number of fused-ring (bicyclic) bond motifs is 1. The van der Waals surface area contributed by atoms with Crippen LogP contribution in [0.2, 0.25) is 0 Å². The summed E-state index contributed by atoms with van der Waals surface area (Å²) in [4.78, 5) is 30.0. The molecule has 142 valence electrons. The molecule has 0 unspecified atom stereocenters. The van der Waals surface area contributed by atoms with Crippen LogP contribution in [0.5, 0.6) is 5.75 Å². The monoisotopic (exact) mass is 374 g/mol. The van der Waals surface area contributed by atoms with Crippen LogP contribution < -0.4 is 10.3 Å². The quantitative estimate of drug-likeness (QED) is 0.510. The maximum atomic E-state index is 12.7. The van der Waals surface area contributed by atoms with E-state index in [-0.39, 0.29) is 5.56 Å². The van der Waals surface area contributed by atoms with Crippen molar-refractivity contribution in [1.82, 2.24) is 9.55 Å². The number of nitrogens with zero attached hydrogens (tertiary/aromatic N) is 2. The minimum Gasteiger partial charge on any atom is -0.422 e. The Balaban J connectivity index is 1.72. The fourth-order valence-corrected chi connectivity index (χ4v) is 3.58. The van der Waals surface area contributed by atoms with Crippen molar-refractivity contribution in [2.24, 2.45) is 0 Å². The Morgan fingerprint density at radius 1 is 1.04 bits per heavy atom. The largest absolute Gasteiger partial charge is 0.422 e. The van der Waals surface area contributed by atoms with Gasteiger partial charge in [0.25, 0.3) is 5.56 Å². The lowest BCUT2D eigenvalue weighted by Crippen LogP contribution is -2.24. The lowest BCUT2D eigenvalue weighted by Gasteiger charge is -2.13. The SMILES string of the molecule is Cc1ccccc1C(=O)Oc1ccccc1-c1cc(=O)n2c(n1)CCCCC2. The molecule has 0 spiro atoms. The van der Waals surface area contributed by atoms with Gasteiger partial charge in [-0.25, -0.2) is 9.78 Å². The molecule has 0 saturated heterocycles. The van der Waals surface area contributed by atoms with Crippen LogP contribution >= 0.6 is 0 Å². The number of aryl methyl sites for hydroxylation is 2. The Labute approximate surface area is 163 Å². The van der Waals surface area contributed by atoms with Crippen molar-refractivity contribution in [3.05, 3.63) is 81.9 Å². The molecule has 0 N–H and O–H groups in total. The van der Waals surface area contributed by atoms with Crippen LogP contribution in [0.25, 0.3) is 11.3 Å². The molecule has 0 atom stereocenters. The number of carbonyl (C=O) groups is 1. The Morgan fingerprint density at radius 2 is 1.82 bits per heavy atom. The number of benzene rings is 2. The van der Waals surface area contributed by atoms with Crippen LogP contribution in [0.3, 0.4) is 0 Å². The van der Waals surface area contributed by atoms with Crippen molar-refractivity contribution < 1.29 is 9.53 Å². The van der Waals surface area contributed by atoms with E-state index in [1.807, 2.05) is 37.3 Å². The molecule has 3 aromatic rings. The first-order valence-electron chi connectivity index (χ1n) is 9.61. The van der Waals surface area contributed by atoms with Crippen LogP contribution in [0.4, 0.5) is 0 Å². The first-order chi connectivity index (χ1) is 13.6. The highest BCUT2D eigenvalue weighted by Gasteiger charge is 2.17. The van der Waals surface area contributed by atoms with Crippen molar-refractivity contribution in [1.29, 1.82) is 0 Å². The predicted octanol–water partition coefficient (Wildman–Crippen LogP) is 4.16. The Kier molecular flexibility index (Phi) is 5.06. The fourth-order valence-electron chi connectivity index (χ4n) is 3.58. The van der Waals surface area contributed by atoms with E-state index in [9.17, 15) is 9.59 Å². The highest BCUT2D eigenvalue weighted by Crippen LogP contribution is 2.29. The van der Waals surface area contributed by atoms with Crippen molar-refractivity contribution >= 4 is 5.97 Å². The maximum absolute atomic E-state index is 12.7. The van der Waals surface area contributed by atoms with Gasteiger partial charge in [-0.2, -0.15) is 0 Å². The zero-order chi connectivity index (χ0) is 19.5. The molecule has 0 aliphatic carbocycles. The van der Waals surface area contributed by atoms with Gasteiger partial charge in [0.1, 0.15) is 11.6 Å². The summed E-state index contributed by atoms with van der Waals surface area (Å²) in [5.74, 6) is 0.790. The van der Waals surface area contributed by atoms with Gasteiger partial charge in [-0.15, -0.1) is 0 Å². The Morgan fingerprint density at radius 3 is 2.68 bits per heavy atom. The minimum atomic E-state index is -0.419. The standard InChI is InChI=1S/C23H22N2O3/c1-16-9-4-5-10-17(16)23(27)28-20-12-7-6-11-18(20)19-15-22(26)25-14-8-2-3-13-21(25)24-19/h4-7,9-12,15H,2-3,8,13-14H2,1H3. The zero-order valence-electron chi connectivity index (χ0n) is 15.9. The summed E-state index contributed by atoms with van der Waals surface area (Å²) in [7, 11) is 0. The molecule has 28 heavy (non-hydrogen) atoms. The number of hydrogen-bond donors (Lipinski definition) is 0. The number of rotatable bonds is 3. The molecule has 4 rings (SSSR count). The topological polar surface area (TPSA) is 61.2 Å². The summed E-state index contributed by atoms with van der Waals surface area (Å²) < 4.78 is 7.45. The molecule has 5 nitrogen and oxygen atoms in total. The summed E-state index contributed by atoms with van der Waals surface area (Å²) in [5.41, 5.74) is 2.51. The molecule has 0 bridgehead atoms. The van der Waals surface area contributed by atoms with Crippen molar-refractivity contribution in [2.45, 2.75) is 39.2 Å². The molecular weight excluding hydrogens is 352 g/mol. The normalized spacial score (nSPS) is 13.5. The average molecular weight is 374 g/mol. The van der Waals surface area contributed by atoms with E-state index in [0.29, 0.717) is 29.1 Å². The lowest BCUT2D eigenvalue weighted by atomic mass is 10.1. The van der Waals surface area contributed by atoms with E-state index in [4.69, 9.17) is 9.72 Å². The number of ether oxygens (including phenoxy) is 1. The second-order valence-corrected chi connectivity index (χ2v) is 7.06. The second kappa shape index (κ2) is 7.80. The van der Waals surface area contributed by atoms with Gasteiger partial charge in [0, 0.05) is 24.6 Å². The molecule has 1 aliphatic heterocycles. The van der Waals surface area contributed by atoms with Crippen molar-refractivity contribution in [2.75, 3.05) is 0 Å². The minimum absolute atomic E-state index is 0.0538. The summed E-state index contributed by atoms with van der Waals surface area (Å²) in [6, 6.07) is 16.1. The summed E-state index contributed by atoms with van der Waals surface area (Å²) in [5, 5.41) is 0. The molecule has 0 amide bonds. The van der Waals surface area contributed by atoms with E-state index in [0.717, 1.165) is 37.1 Å². The van der Waals surface area contributed by atoms with Crippen LogP contribution in [-0.4, -0.2) is 15.5 Å². The highest BCUT2D eigenvalue weighted by molar-refractivity contribution is 5.93. The van der Waals surface area contributed by atoms with Crippen molar-refractivity contribution in [3.63, 3.8) is 0 Å². The summed E-state index contributed by atoms with van der Waals surface area (Å²) in [6.45, 7) is 2.59. The third-order valence-electron chi connectivity index (χ3n) is 5.10. The van der Waals surface area contributed by atoms with Crippen LogP contribution in [0.1, 0.15) is 41.0 Å². The van der Waals surface area contributed by atoms with Crippen LogP contribution in [0, 0.1) is 6.92 Å². The van der Waals surface area contributed by atoms with Gasteiger partial charge in [0.2, 0.25) is 0 Å². The van der Waals surface area contributed by atoms with Gasteiger partial charge >= 0.3 is 5.97 Å². The number of para-hydroxylation sites is 1. The first-order valence-corrected chi connectivity index (χ1v) is 9.61. The molecule has 2 heterocycles. The van der Waals surface area contributed by atoms with E-state index in [2.05, 4.69) is 0 Å². The van der Waals surface area contributed by atoms with Crippen LogP contribution in [0.15, 0.2) is 59.4 Å². The van der Waals surface area contributed by atoms with Gasteiger partial charge in [-0.05, 0) is 43.5 Å². The molecule has 0 saturated carbocycles. The lowest BCUT2D eigenvalue weighted by molar-refractivity contribution is 0.0735. The zero-order valence-corrected chi connectivity index (χ0v) is 15.9. The molecule has 0 fully saturated rings. The van der Waals surface area contributed by atoms with E-state index in [1.165, 1.54) is 6.07 Å². The predicted molar refractivity (Wildman–Crippen MR) is 108 cm³/mol. The summed E-state index contributed by atoms with van der Waals surface area (Å²) in [6.07, 6.45) is 3.91. The third kappa shape index (κ3) is 3.60. The third-order valence-corrected chi connectivity index (χ3v) is 5.10. The smallest absolute Gasteiger partial charge is 0.343 e. The molecule has 1 aliphatic rings. The number of carbonyl (C=O) groups excluding carboxylic acids is 1. The van der Waals surface area contributed by atoms with Gasteiger partial charge in [0.15, 0.2) is 0 Å². The van der Waals surface area contributed by atoms with E-state index < -0.39 is 5.97 Å². The van der Waals surface area contributed by atoms with Gasteiger partial charge in [-0.3, -0.25) is 9.36 Å².